The van der Waals surface area contributed by atoms with Crippen LogP contribution in [-0.2, 0) is 20.8 Å². The Kier molecular flexibility index (Phi) is 7.50. The normalized spacial score (nSPS) is 13.7. The Morgan fingerprint density at radius 1 is 1.16 bits per heavy atom. The van der Waals surface area contributed by atoms with Crippen LogP contribution in [0, 0.1) is 0 Å². The van der Waals surface area contributed by atoms with Crippen LogP contribution in [0.2, 0.25) is 5.02 Å². The van der Waals surface area contributed by atoms with E-state index in [9.17, 15) is 22.8 Å². The predicted molar refractivity (Wildman–Crippen MR) is 83.9 cm³/mol. The van der Waals surface area contributed by atoms with Crippen molar-refractivity contribution in [3.05, 3.63) is 34.9 Å². The molecule has 0 aliphatic carbocycles. The Bertz CT molecular complexity index is 613. The quantitative estimate of drug-likeness (QED) is 0.561. The van der Waals surface area contributed by atoms with Gasteiger partial charge in [0.15, 0.2) is 0 Å². The molecule has 0 radical (unpaired) electrons. The number of amides is 2. The number of halogens is 4. The molecule has 0 aliphatic heterocycles. The summed E-state index contributed by atoms with van der Waals surface area (Å²) in [6.07, 6.45) is -5.23. The molecule has 0 bridgehead atoms. The summed E-state index contributed by atoms with van der Waals surface area (Å²) >= 11 is 5.90. The van der Waals surface area contributed by atoms with Gasteiger partial charge in [-0.15, -0.1) is 0 Å². The number of rotatable bonds is 7. The molecule has 1 aromatic rings. The Labute approximate surface area is 147 Å². The van der Waals surface area contributed by atoms with Crippen molar-refractivity contribution < 1.29 is 32.2 Å². The first-order valence-corrected chi connectivity index (χ1v) is 7.73. The summed E-state index contributed by atoms with van der Waals surface area (Å²) in [5, 5.41) is 4.06. The number of nitrogens with one attached hydrogen (secondary N) is 2. The third-order valence-electron chi connectivity index (χ3n) is 3.01. The Hall–Kier alpha value is -2.00. The van der Waals surface area contributed by atoms with E-state index in [2.05, 4.69) is 14.8 Å². The first-order valence-electron chi connectivity index (χ1n) is 7.35. The van der Waals surface area contributed by atoms with Crippen molar-refractivity contribution in [2.45, 2.75) is 32.3 Å². The van der Waals surface area contributed by atoms with E-state index in [1.165, 1.54) is 19.2 Å². The fourth-order valence-electron chi connectivity index (χ4n) is 1.89. The number of urea groups is 1. The molecule has 0 heterocycles. The molecule has 0 aromatic heterocycles. The molecular weight excluding hydrogens is 365 g/mol. The topological polar surface area (TPSA) is 76.7 Å². The van der Waals surface area contributed by atoms with Crippen LogP contribution in [0.5, 0.6) is 0 Å². The third-order valence-corrected chi connectivity index (χ3v) is 3.38. The Morgan fingerprint density at radius 3 is 2.32 bits per heavy atom. The molecule has 10 heteroatoms. The molecule has 0 fully saturated rings. The molecule has 140 valence electrons. The second-order valence-electron chi connectivity index (χ2n) is 4.73. The Morgan fingerprint density at radius 2 is 1.80 bits per heavy atom. The van der Waals surface area contributed by atoms with Crippen molar-refractivity contribution in [2.75, 3.05) is 13.2 Å². The van der Waals surface area contributed by atoms with Crippen molar-refractivity contribution in [3.63, 3.8) is 0 Å². The highest BCUT2D eigenvalue weighted by molar-refractivity contribution is 6.31. The zero-order chi connectivity index (χ0) is 19.1. The summed E-state index contributed by atoms with van der Waals surface area (Å²) in [6.45, 7) is 1.65. The van der Waals surface area contributed by atoms with Gasteiger partial charge in [-0.25, -0.2) is 9.59 Å². The molecule has 2 amide bonds. The molecule has 2 N–H and O–H groups in total. The second-order valence-corrected chi connectivity index (χ2v) is 5.14. The zero-order valence-electron chi connectivity index (χ0n) is 13.6. The smallest absolute Gasteiger partial charge is 0.448 e. The lowest BCUT2D eigenvalue weighted by molar-refractivity contribution is -0.283. The van der Waals surface area contributed by atoms with Crippen LogP contribution in [0.4, 0.5) is 18.0 Å². The zero-order valence-corrected chi connectivity index (χ0v) is 14.3. The van der Waals surface area contributed by atoms with Crippen LogP contribution in [0.15, 0.2) is 24.3 Å². The van der Waals surface area contributed by atoms with Crippen LogP contribution in [0.3, 0.4) is 0 Å². The number of esters is 1. The SMILES string of the molecule is CCOC(=O)C(NC(=O)NCc1ccccc1Cl)(OCC)C(F)(F)F. The minimum atomic E-state index is -5.23. The van der Waals surface area contributed by atoms with Gasteiger partial charge in [0, 0.05) is 18.2 Å². The van der Waals surface area contributed by atoms with Gasteiger partial charge in [0.25, 0.3) is 0 Å². The fourth-order valence-corrected chi connectivity index (χ4v) is 2.09. The van der Waals surface area contributed by atoms with Crippen molar-refractivity contribution >= 4 is 23.6 Å². The average molecular weight is 383 g/mol. The van der Waals surface area contributed by atoms with E-state index in [-0.39, 0.29) is 13.2 Å². The maximum absolute atomic E-state index is 13.4. The number of hydrogen-bond donors (Lipinski definition) is 2. The summed E-state index contributed by atoms with van der Waals surface area (Å²) in [5.74, 6) is -1.75. The lowest BCUT2D eigenvalue weighted by Gasteiger charge is -2.33. The highest BCUT2D eigenvalue weighted by Gasteiger charge is 2.64. The molecule has 6 nitrogen and oxygen atoms in total. The molecule has 25 heavy (non-hydrogen) atoms. The van der Waals surface area contributed by atoms with Gasteiger partial charge in [0.05, 0.1) is 6.61 Å². The first-order chi connectivity index (χ1) is 11.7. The lowest BCUT2D eigenvalue weighted by atomic mass is 10.2. The summed E-state index contributed by atoms with van der Waals surface area (Å²) in [4.78, 5) is 23.8. The molecule has 1 unspecified atom stereocenters. The molecule has 0 spiro atoms. The van der Waals surface area contributed by atoms with E-state index < -0.39 is 30.5 Å². The van der Waals surface area contributed by atoms with Crippen molar-refractivity contribution in [3.8, 4) is 0 Å². The van der Waals surface area contributed by atoms with E-state index in [1.54, 1.807) is 24.3 Å². The summed E-state index contributed by atoms with van der Waals surface area (Å²) < 4.78 is 49.3. The highest BCUT2D eigenvalue weighted by Crippen LogP contribution is 2.33. The van der Waals surface area contributed by atoms with E-state index in [1.807, 2.05) is 0 Å². The van der Waals surface area contributed by atoms with Gasteiger partial charge < -0.3 is 14.8 Å². The van der Waals surface area contributed by atoms with Crippen LogP contribution < -0.4 is 10.6 Å². The van der Waals surface area contributed by atoms with Gasteiger partial charge >= 0.3 is 23.9 Å². The third kappa shape index (κ3) is 5.23. The number of carbonyl (C=O) groups is 2. The van der Waals surface area contributed by atoms with Crippen molar-refractivity contribution in [1.29, 1.82) is 0 Å². The van der Waals surface area contributed by atoms with Gasteiger partial charge in [-0.3, -0.25) is 5.32 Å². The number of carbonyl (C=O) groups excluding carboxylic acids is 2. The van der Waals surface area contributed by atoms with E-state index in [0.29, 0.717) is 10.6 Å². The summed E-state index contributed by atoms with van der Waals surface area (Å²) in [7, 11) is 0. The number of hydrogen-bond acceptors (Lipinski definition) is 4. The number of alkyl halides is 3. The largest absolute Gasteiger partial charge is 0.462 e. The highest BCUT2D eigenvalue weighted by atomic mass is 35.5. The van der Waals surface area contributed by atoms with Crippen LogP contribution in [0.1, 0.15) is 19.4 Å². The average Bonchev–Trinajstić information content (AvgIpc) is 2.52. The van der Waals surface area contributed by atoms with Crippen LogP contribution in [0.25, 0.3) is 0 Å². The van der Waals surface area contributed by atoms with Gasteiger partial charge in [-0.1, -0.05) is 29.8 Å². The van der Waals surface area contributed by atoms with Gasteiger partial charge in [0.1, 0.15) is 0 Å². The van der Waals surface area contributed by atoms with E-state index in [4.69, 9.17) is 11.6 Å². The maximum atomic E-state index is 13.4. The second kappa shape index (κ2) is 8.91. The predicted octanol–water partition coefficient (Wildman–Crippen LogP) is 3.00. The maximum Gasteiger partial charge on any atom is 0.448 e. The van der Waals surface area contributed by atoms with Crippen LogP contribution >= 0.6 is 11.6 Å². The molecule has 0 aliphatic rings. The number of ether oxygens (including phenoxy) is 2. The Balaban J connectivity index is 2.94. The minimum absolute atomic E-state index is 0.144. The molecule has 1 atom stereocenters. The molecule has 0 saturated carbocycles. The van der Waals surface area contributed by atoms with E-state index in [0.717, 1.165) is 0 Å². The summed E-state index contributed by atoms with van der Waals surface area (Å²) in [5.41, 5.74) is -3.10. The molecule has 0 saturated heterocycles. The van der Waals surface area contributed by atoms with Gasteiger partial charge in [-0.05, 0) is 25.5 Å². The standard InChI is InChI=1S/C15H18ClF3N2O4/c1-3-24-12(22)14(25-4-2,15(17,18)19)21-13(23)20-9-10-7-5-6-8-11(10)16/h5-8H,3-4,9H2,1-2H3,(H2,20,21,23). The lowest BCUT2D eigenvalue weighted by Crippen LogP contribution is -2.67. The summed E-state index contributed by atoms with van der Waals surface area (Å²) in [6, 6.07) is 5.21. The fraction of sp³-hybridized carbons (Fsp3) is 0.467. The van der Waals surface area contributed by atoms with Crippen molar-refractivity contribution in [1.82, 2.24) is 10.6 Å². The monoisotopic (exact) mass is 382 g/mol. The molecule has 1 rings (SSSR count). The van der Waals surface area contributed by atoms with Crippen LogP contribution in [-0.4, -0.2) is 37.1 Å². The van der Waals surface area contributed by atoms with Crippen molar-refractivity contribution in [2.24, 2.45) is 0 Å². The molecular formula is C15H18ClF3N2O4. The minimum Gasteiger partial charge on any atom is -0.462 e. The molecule has 1 aromatic carbocycles. The number of benzene rings is 1. The van der Waals surface area contributed by atoms with Gasteiger partial charge in [0.2, 0.25) is 0 Å². The van der Waals surface area contributed by atoms with E-state index >= 15 is 0 Å². The first kappa shape index (κ1) is 21.0. The van der Waals surface area contributed by atoms with Gasteiger partial charge in [-0.2, -0.15) is 13.2 Å².